The lowest BCUT2D eigenvalue weighted by Gasteiger charge is -2.19. The van der Waals surface area contributed by atoms with Crippen molar-refractivity contribution in [1.29, 1.82) is 0 Å². The molecule has 1 aliphatic rings. The number of hydrogen-bond acceptors (Lipinski definition) is 1. The van der Waals surface area contributed by atoms with Gasteiger partial charge in [0.15, 0.2) is 0 Å². The van der Waals surface area contributed by atoms with E-state index < -0.39 is 0 Å². The summed E-state index contributed by atoms with van der Waals surface area (Å²) in [6.45, 7) is 2.09. The van der Waals surface area contributed by atoms with Crippen molar-refractivity contribution in [3.05, 3.63) is 71.0 Å². The van der Waals surface area contributed by atoms with E-state index in [0.717, 1.165) is 18.4 Å². The molecule has 2 aromatic rings. The van der Waals surface area contributed by atoms with Gasteiger partial charge in [0.25, 0.3) is 0 Å². The van der Waals surface area contributed by atoms with Crippen LogP contribution in [0.5, 0.6) is 0 Å². The summed E-state index contributed by atoms with van der Waals surface area (Å²) in [6.07, 6.45) is 2.13. The average Bonchev–Trinajstić information content (AvgIpc) is 2.80. The zero-order valence-corrected chi connectivity index (χ0v) is 11.1. The van der Waals surface area contributed by atoms with E-state index in [1.54, 1.807) is 12.1 Å². The topological polar surface area (TPSA) is 12.0 Å². The van der Waals surface area contributed by atoms with E-state index in [-0.39, 0.29) is 11.9 Å². The first-order valence-electron chi connectivity index (χ1n) is 6.80. The molecule has 1 nitrogen and oxygen atoms in total. The molecular formula is C17H18FN. The first-order chi connectivity index (χ1) is 9.22. The predicted molar refractivity (Wildman–Crippen MR) is 75.6 cm³/mol. The Morgan fingerprint density at radius 2 is 1.74 bits per heavy atom. The largest absolute Gasteiger partial charge is 0.307 e. The number of hydrogen-bond donors (Lipinski definition) is 1. The van der Waals surface area contributed by atoms with Crippen molar-refractivity contribution in [2.24, 2.45) is 0 Å². The molecule has 0 bridgehead atoms. The van der Waals surface area contributed by atoms with Gasteiger partial charge in [0.1, 0.15) is 5.82 Å². The van der Waals surface area contributed by atoms with Crippen molar-refractivity contribution in [3.8, 4) is 0 Å². The lowest BCUT2D eigenvalue weighted by molar-refractivity contribution is 0.465. The third kappa shape index (κ3) is 2.69. The maximum atomic E-state index is 13.2. The first kappa shape index (κ1) is 12.4. The molecule has 98 valence electrons. The molecule has 0 saturated carbocycles. The van der Waals surface area contributed by atoms with Gasteiger partial charge in [0.2, 0.25) is 0 Å². The summed E-state index contributed by atoms with van der Waals surface area (Å²) in [4.78, 5) is 0. The van der Waals surface area contributed by atoms with Crippen LogP contribution in [0.25, 0.3) is 0 Å². The van der Waals surface area contributed by atoms with E-state index >= 15 is 0 Å². The van der Waals surface area contributed by atoms with Gasteiger partial charge in [-0.2, -0.15) is 0 Å². The van der Waals surface area contributed by atoms with E-state index in [4.69, 9.17) is 0 Å². The fraction of sp³-hybridized carbons (Fsp3) is 0.294. The SMILES string of the molecule is CC(NC1Cc2ccccc2C1)c1cccc(F)c1. The molecule has 2 heteroatoms. The van der Waals surface area contributed by atoms with Crippen LogP contribution in [0, 0.1) is 5.82 Å². The third-order valence-corrected chi connectivity index (χ3v) is 3.89. The number of nitrogens with one attached hydrogen (secondary N) is 1. The quantitative estimate of drug-likeness (QED) is 0.883. The fourth-order valence-electron chi connectivity index (χ4n) is 2.90. The Morgan fingerprint density at radius 3 is 2.37 bits per heavy atom. The minimum Gasteiger partial charge on any atom is -0.307 e. The van der Waals surface area contributed by atoms with Crippen molar-refractivity contribution in [2.45, 2.75) is 31.8 Å². The van der Waals surface area contributed by atoms with Crippen LogP contribution >= 0.6 is 0 Å². The summed E-state index contributed by atoms with van der Waals surface area (Å²) in [6, 6.07) is 16.1. The van der Waals surface area contributed by atoms with Crippen LogP contribution in [-0.2, 0) is 12.8 Å². The fourth-order valence-corrected chi connectivity index (χ4v) is 2.90. The Labute approximate surface area is 113 Å². The van der Waals surface area contributed by atoms with E-state index in [9.17, 15) is 4.39 Å². The smallest absolute Gasteiger partial charge is 0.123 e. The third-order valence-electron chi connectivity index (χ3n) is 3.89. The van der Waals surface area contributed by atoms with Crippen LogP contribution in [-0.4, -0.2) is 6.04 Å². The molecule has 0 aromatic heterocycles. The Kier molecular flexibility index (Phi) is 3.34. The van der Waals surface area contributed by atoms with Crippen LogP contribution < -0.4 is 5.32 Å². The predicted octanol–water partition coefficient (Wildman–Crippen LogP) is 3.64. The highest BCUT2D eigenvalue weighted by Crippen LogP contribution is 2.24. The van der Waals surface area contributed by atoms with Gasteiger partial charge in [-0.15, -0.1) is 0 Å². The molecule has 1 atom stereocenters. The summed E-state index contributed by atoms with van der Waals surface area (Å²) < 4.78 is 13.2. The van der Waals surface area contributed by atoms with Crippen LogP contribution in [0.3, 0.4) is 0 Å². The van der Waals surface area contributed by atoms with E-state index in [1.807, 2.05) is 6.07 Å². The normalized spacial score (nSPS) is 16.3. The monoisotopic (exact) mass is 255 g/mol. The van der Waals surface area contributed by atoms with Crippen LogP contribution in [0.15, 0.2) is 48.5 Å². The number of fused-ring (bicyclic) bond motifs is 1. The molecule has 1 aliphatic carbocycles. The first-order valence-corrected chi connectivity index (χ1v) is 6.80. The second kappa shape index (κ2) is 5.14. The second-order valence-corrected chi connectivity index (χ2v) is 5.32. The van der Waals surface area contributed by atoms with Gasteiger partial charge in [-0.05, 0) is 48.6 Å². The lowest BCUT2D eigenvalue weighted by Crippen LogP contribution is -2.32. The molecule has 0 amide bonds. The van der Waals surface area contributed by atoms with Crippen molar-refractivity contribution in [1.82, 2.24) is 5.32 Å². The molecule has 2 aromatic carbocycles. The second-order valence-electron chi connectivity index (χ2n) is 5.32. The minimum absolute atomic E-state index is 0.166. The van der Waals surface area contributed by atoms with Crippen LogP contribution in [0.2, 0.25) is 0 Å². The van der Waals surface area contributed by atoms with Gasteiger partial charge in [-0.3, -0.25) is 0 Å². The van der Waals surface area contributed by atoms with Crippen LogP contribution in [0.4, 0.5) is 4.39 Å². The van der Waals surface area contributed by atoms with Gasteiger partial charge in [-0.25, -0.2) is 4.39 Å². The summed E-state index contributed by atoms with van der Waals surface area (Å²) >= 11 is 0. The molecule has 0 aliphatic heterocycles. The Morgan fingerprint density at radius 1 is 1.05 bits per heavy atom. The van der Waals surface area contributed by atoms with Crippen molar-refractivity contribution in [2.75, 3.05) is 0 Å². The summed E-state index contributed by atoms with van der Waals surface area (Å²) in [7, 11) is 0. The van der Waals surface area contributed by atoms with Crippen molar-refractivity contribution >= 4 is 0 Å². The standard InChI is InChI=1S/C17H18FN/c1-12(13-7-4-8-16(18)9-13)19-17-10-14-5-2-3-6-15(14)11-17/h2-9,12,17,19H,10-11H2,1H3. The summed E-state index contributed by atoms with van der Waals surface area (Å²) in [5.41, 5.74) is 3.88. The number of benzene rings is 2. The lowest BCUT2D eigenvalue weighted by atomic mass is 10.1. The molecule has 1 unspecified atom stereocenters. The highest BCUT2D eigenvalue weighted by Gasteiger charge is 2.22. The van der Waals surface area contributed by atoms with E-state index in [1.165, 1.54) is 17.2 Å². The molecule has 1 N–H and O–H groups in total. The molecular weight excluding hydrogens is 237 g/mol. The van der Waals surface area contributed by atoms with E-state index in [0.29, 0.717) is 6.04 Å². The molecule has 19 heavy (non-hydrogen) atoms. The van der Waals surface area contributed by atoms with Gasteiger partial charge in [0, 0.05) is 12.1 Å². The van der Waals surface area contributed by atoms with Gasteiger partial charge in [-0.1, -0.05) is 36.4 Å². The van der Waals surface area contributed by atoms with Gasteiger partial charge >= 0.3 is 0 Å². The summed E-state index contributed by atoms with van der Waals surface area (Å²) in [5.74, 6) is -0.166. The molecule has 0 spiro atoms. The Balaban J connectivity index is 1.67. The highest BCUT2D eigenvalue weighted by atomic mass is 19.1. The Bertz CT molecular complexity index is 554. The van der Waals surface area contributed by atoms with Crippen molar-refractivity contribution in [3.63, 3.8) is 0 Å². The van der Waals surface area contributed by atoms with Gasteiger partial charge < -0.3 is 5.32 Å². The molecule has 0 fully saturated rings. The zero-order valence-electron chi connectivity index (χ0n) is 11.1. The van der Waals surface area contributed by atoms with Crippen LogP contribution in [0.1, 0.15) is 29.7 Å². The number of rotatable bonds is 3. The van der Waals surface area contributed by atoms with Crippen molar-refractivity contribution < 1.29 is 4.39 Å². The maximum Gasteiger partial charge on any atom is 0.123 e. The molecule has 0 heterocycles. The number of halogens is 1. The zero-order chi connectivity index (χ0) is 13.2. The van der Waals surface area contributed by atoms with Gasteiger partial charge in [0.05, 0.1) is 0 Å². The maximum absolute atomic E-state index is 13.2. The minimum atomic E-state index is -0.166. The summed E-state index contributed by atoms with van der Waals surface area (Å²) in [5, 5.41) is 3.60. The Hall–Kier alpha value is -1.67. The highest BCUT2D eigenvalue weighted by molar-refractivity contribution is 5.33. The molecule has 3 rings (SSSR count). The van der Waals surface area contributed by atoms with E-state index in [2.05, 4.69) is 36.5 Å². The average molecular weight is 255 g/mol. The molecule has 0 saturated heterocycles. The molecule has 0 radical (unpaired) electrons.